The number of hydrogen-bond acceptors (Lipinski definition) is 10. The summed E-state index contributed by atoms with van der Waals surface area (Å²) >= 11 is 0. The van der Waals surface area contributed by atoms with Crippen LogP contribution in [0.5, 0.6) is 0 Å². The van der Waals surface area contributed by atoms with Gasteiger partial charge in [-0.05, 0) is 210 Å². The van der Waals surface area contributed by atoms with Crippen molar-refractivity contribution < 1.29 is 41.2 Å². The highest BCUT2D eigenvalue weighted by atomic mass is 28.5. The van der Waals surface area contributed by atoms with Crippen molar-refractivity contribution in [2.45, 2.75) is 345 Å². The molecule has 0 aromatic heterocycles. The van der Waals surface area contributed by atoms with E-state index in [4.69, 9.17) is 41.2 Å². The van der Waals surface area contributed by atoms with E-state index in [0.717, 1.165) is 0 Å². The minimum absolute atomic E-state index is 0.731. The van der Waals surface area contributed by atoms with Gasteiger partial charge in [-0.25, -0.2) is 0 Å². The maximum Gasteiger partial charge on any atom is 0.314 e. The Balaban J connectivity index is -0.000000308. The van der Waals surface area contributed by atoms with Crippen molar-refractivity contribution in [1.82, 2.24) is 0 Å². The van der Waals surface area contributed by atoms with E-state index in [2.05, 4.69) is 352 Å². The fourth-order valence-corrected chi connectivity index (χ4v) is 90.3. The van der Waals surface area contributed by atoms with Gasteiger partial charge in [-0.1, -0.05) is 170 Å². The monoisotopic (exact) mass is 1560 g/mol. The third-order valence-corrected chi connectivity index (χ3v) is 69.4. The highest BCUT2D eigenvalue weighted by Crippen LogP contribution is 2.31. The average molecular weight is 1560 g/mol. The molecule has 2 rings (SSSR count). The molecule has 10 nitrogen and oxygen atoms in total. The molecule has 0 spiro atoms. The van der Waals surface area contributed by atoms with Crippen molar-refractivity contribution in [2.24, 2.45) is 0 Å². The molecule has 0 aliphatic carbocycles. The summed E-state index contributed by atoms with van der Waals surface area (Å²) in [7, 11) is -27.9. The zero-order chi connectivity index (χ0) is 72.7. The Morgan fingerprint density at radius 1 is 0.239 bits per heavy atom. The molecule has 0 atom stereocenters. The normalized spacial score (nSPS) is 17.3. The third-order valence-electron chi connectivity index (χ3n) is 10.6. The minimum atomic E-state index is -2.11. The van der Waals surface area contributed by atoms with Gasteiger partial charge in [-0.15, -0.1) is 0 Å². The molecule has 1 heterocycles. The van der Waals surface area contributed by atoms with E-state index in [1.165, 1.54) is 12.1 Å². The SMILES string of the molecule is C[Si](C)(C)CC[Si](C)(C)C.C[Si](C)(C)C[Si](C)(C)C.C[Si](C)(C)O[Si](C)(C)C.C[Si](C)(C)O[Si](C)(C)O[Si](C)(C)C.C[Si](C)(C)O[Si](C)(C)O[Si](C)(C)O[Si](C)(C)C.C[Si](C)(C)c1ccc([Si](C)(C)C)cc1.C[Si]1(C)O[Si](C)(C)O[Si](C)(C)O[Si](C)(C)O1. The molecule has 0 bridgehead atoms. The summed E-state index contributed by atoms with van der Waals surface area (Å²) in [6.07, 6.45) is 0. The molecule has 0 saturated carbocycles. The Bertz CT molecular complexity index is 1870. The second kappa shape index (κ2) is 36.3. The van der Waals surface area contributed by atoms with Crippen molar-refractivity contribution in [3.05, 3.63) is 24.3 Å². The van der Waals surface area contributed by atoms with Crippen LogP contribution in [-0.4, -0.2) is 158 Å². The summed E-state index contributed by atoms with van der Waals surface area (Å²) in [4.78, 5) is 0. The second-order valence-electron chi connectivity index (χ2n) is 40.5. The smallest absolute Gasteiger partial charge is 0.314 e. The van der Waals surface area contributed by atoms with E-state index < -0.39 is 158 Å². The Morgan fingerprint density at radius 2 is 0.398 bits per heavy atom. The van der Waals surface area contributed by atoms with Crippen LogP contribution < -0.4 is 10.4 Å². The lowest BCUT2D eigenvalue weighted by Crippen LogP contribution is -2.64. The summed E-state index contributed by atoms with van der Waals surface area (Å²) < 4.78 is 61.4. The van der Waals surface area contributed by atoms with E-state index >= 15 is 0 Å². The molecule has 1 saturated heterocycles. The van der Waals surface area contributed by atoms with Gasteiger partial charge < -0.3 is 41.2 Å². The Hall–Kier alpha value is 2.94. The number of hydrogen-bond donors (Lipinski definition) is 0. The molecule has 532 valence electrons. The predicted molar refractivity (Wildman–Crippen MR) is 454 cm³/mol. The van der Waals surface area contributed by atoms with Crippen LogP contribution in [0.3, 0.4) is 0 Å². The molecule has 0 radical (unpaired) electrons. The van der Waals surface area contributed by atoms with E-state index in [0.29, 0.717) is 0 Å². The fourth-order valence-electron chi connectivity index (χ4n) is 10.8. The summed E-state index contributed by atoms with van der Waals surface area (Å²) in [5.41, 5.74) is 1.57. The summed E-state index contributed by atoms with van der Waals surface area (Å²) in [6.45, 7) is 113. The number of rotatable bonds is 19. The van der Waals surface area contributed by atoms with Crippen LogP contribution in [0, 0.1) is 0 Å². The highest BCUT2D eigenvalue weighted by Gasteiger charge is 2.50. The van der Waals surface area contributed by atoms with Crippen molar-refractivity contribution in [2.75, 3.05) is 0 Å². The molecule has 0 unspecified atom stereocenters. The molecule has 1 fully saturated rings. The van der Waals surface area contributed by atoms with Crippen molar-refractivity contribution in [3.8, 4) is 0 Å². The van der Waals surface area contributed by atoms with Gasteiger partial charge >= 0.3 is 59.9 Å². The highest BCUT2D eigenvalue weighted by molar-refractivity contribution is 6.95. The van der Waals surface area contributed by atoms with Gasteiger partial charge in [-0.2, -0.15) is 0 Å². The maximum atomic E-state index is 6.28. The van der Waals surface area contributed by atoms with Gasteiger partial charge in [0, 0.05) is 32.3 Å². The van der Waals surface area contributed by atoms with Gasteiger partial charge in [-0.3, -0.25) is 0 Å². The molecule has 1 aromatic rings. The largest absolute Gasteiger partial charge is 0.456 e. The van der Waals surface area contributed by atoms with E-state index in [9.17, 15) is 0 Å². The quantitative estimate of drug-likeness (QED) is 0.125. The van der Waals surface area contributed by atoms with Crippen LogP contribution in [0.25, 0.3) is 0 Å². The topological polar surface area (TPSA) is 92.3 Å². The molecule has 1 aliphatic rings. The first-order valence-electron chi connectivity index (χ1n) is 33.3. The molecule has 1 aromatic carbocycles. The third kappa shape index (κ3) is 71.7. The zero-order valence-corrected chi connectivity index (χ0v) is 88.0. The van der Waals surface area contributed by atoms with Gasteiger partial charge in [0.15, 0.2) is 49.9 Å². The van der Waals surface area contributed by atoms with Crippen LogP contribution in [0.4, 0.5) is 0 Å². The summed E-state index contributed by atoms with van der Waals surface area (Å²) in [5, 5.41) is 3.14. The Labute approximate surface area is 574 Å². The molecular weight excluding hydrogens is 1400 g/mol. The Morgan fingerprint density at radius 3 is 0.500 bits per heavy atom. The van der Waals surface area contributed by atoms with E-state index in [1.54, 1.807) is 16.0 Å². The first-order chi connectivity index (χ1) is 37.2. The number of benzene rings is 1. The zero-order valence-electron chi connectivity index (χ0n) is 69.0. The van der Waals surface area contributed by atoms with Crippen molar-refractivity contribution in [3.63, 3.8) is 0 Å². The summed E-state index contributed by atoms with van der Waals surface area (Å²) in [5.74, 6) is 0. The van der Waals surface area contributed by atoms with Crippen LogP contribution in [0.15, 0.2) is 24.3 Å². The lowest BCUT2D eigenvalue weighted by atomic mass is 10.4. The predicted octanol–water partition coefficient (Wildman–Crippen LogP) is 22.7. The Kier molecular flexibility index (Phi) is 41.1. The van der Waals surface area contributed by atoms with E-state index in [1.807, 2.05) is 0 Å². The molecular formula is C59H160O10Si19. The van der Waals surface area contributed by atoms with Crippen molar-refractivity contribution in [1.29, 1.82) is 0 Å². The first kappa shape index (κ1) is 99.6. The van der Waals surface area contributed by atoms with E-state index in [-0.39, 0.29) is 0 Å². The van der Waals surface area contributed by atoms with Crippen LogP contribution in [0.1, 0.15) is 0 Å². The van der Waals surface area contributed by atoms with Crippen LogP contribution >= 0.6 is 0 Å². The molecule has 1 aliphatic heterocycles. The van der Waals surface area contributed by atoms with Crippen LogP contribution in [-0.2, 0) is 41.2 Å². The average Bonchev–Trinajstić information content (AvgIpc) is 3.04. The summed E-state index contributed by atoms with van der Waals surface area (Å²) in [6, 6.07) is 12.4. The molecule has 0 N–H and O–H groups in total. The fraction of sp³-hybridized carbons (Fsp3) is 0.898. The molecule has 88 heavy (non-hydrogen) atoms. The van der Waals surface area contributed by atoms with Gasteiger partial charge in [0.2, 0.25) is 0 Å². The minimum Gasteiger partial charge on any atom is -0.456 e. The van der Waals surface area contributed by atoms with Crippen LogP contribution in [0.2, 0.25) is 345 Å². The standard InChI is InChI=1S/C12H22Si2.C10H30O3Si4.C8H24O4Si4.C8H24O2Si3.C8H22Si2.C7H20Si2.C6H18OSi2/c1-13(2,3)11-7-9-12(10-8-11)14(4,5)6;1-14(2,3)11-16(7,8)13-17(9,10)12-15(4,5)6;1-13(2)9-14(3,4)11-16(7,8)12-15(5,6)10-13;1-11(2,3)9-13(7,8)10-12(4,5)6;1-9(2,3)7-8-10(4,5)6;2*1-8(2,3)7-9(4,5)6/h7-10H,1-6H3;1-10H3;1-8H3;1-8H3;7-8H2,1-6H3;7H2,1-6H3;1-6H3. The molecule has 0 amide bonds. The first-order valence-corrected chi connectivity index (χ1v) is 95.3. The van der Waals surface area contributed by atoms with Crippen molar-refractivity contribution >= 4 is 169 Å². The van der Waals surface area contributed by atoms with Gasteiger partial charge in [0.05, 0.1) is 16.1 Å². The molecule has 29 heteroatoms. The second-order valence-corrected chi connectivity index (χ2v) is 127. The van der Waals surface area contributed by atoms with Gasteiger partial charge in [0.25, 0.3) is 0 Å². The maximum absolute atomic E-state index is 6.28. The lowest BCUT2D eigenvalue weighted by Gasteiger charge is -2.46. The van der Waals surface area contributed by atoms with Gasteiger partial charge in [0.1, 0.15) is 0 Å². The lowest BCUT2D eigenvalue weighted by molar-refractivity contribution is 0.238.